The summed E-state index contributed by atoms with van der Waals surface area (Å²) in [5, 5.41) is 2.75. The van der Waals surface area contributed by atoms with Gasteiger partial charge in [0.15, 0.2) is 11.5 Å². The van der Waals surface area contributed by atoms with Crippen LogP contribution in [0.15, 0.2) is 30.3 Å². The topological polar surface area (TPSA) is 94.2 Å². The average Bonchev–Trinajstić information content (AvgIpc) is 2.69. The van der Waals surface area contributed by atoms with Gasteiger partial charge in [-0.05, 0) is 42.7 Å². The van der Waals surface area contributed by atoms with E-state index in [1.807, 2.05) is 32.0 Å². The van der Waals surface area contributed by atoms with E-state index >= 15 is 0 Å². The Morgan fingerprint density at radius 2 is 1.53 bits per heavy atom. The lowest BCUT2D eigenvalue weighted by Crippen LogP contribution is -2.40. The third kappa shape index (κ3) is 5.35. The van der Waals surface area contributed by atoms with Crippen molar-refractivity contribution in [1.29, 1.82) is 0 Å². The molecule has 0 aliphatic rings. The maximum atomic E-state index is 12.6. The number of nitrogens with one attached hydrogen (secondary N) is 1. The van der Waals surface area contributed by atoms with Gasteiger partial charge in [0.1, 0.15) is 6.54 Å². The number of hydrogen-bond donors (Lipinski definition) is 1. The van der Waals surface area contributed by atoms with Gasteiger partial charge in [-0.1, -0.05) is 18.2 Å². The van der Waals surface area contributed by atoms with E-state index in [9.17, 15) is 13.2 Å². The molecule has 0 bridgehead atoms. The van der Waals surface area contributed by atoms with Crippen molar-refractivity contribution < 1.29 is 27.4 Å². The van der Waals surface area contributed by atoms with E-state index in [2.05, 4.69) is 5.32 Å². The number of ether oxygens (including phenoxy) is 3. The summed E-state index contributed by atoms with van der Waals surface area (Å²) in [5.41, 5.74) is 2.79. The highest BCUT2D eigenvalue weighted by molar-refractivity contribution is 7.92. The van der Waals surface area contributed by atoms with Crippen LogP contribution < -0.4 is 23.8 Å². The lowest BCUT2D eigenvalue weighted by atomic mass is 10.1. The number of para-hydroxylation sites is 1. The first-order chi connectivity index (χ1) is 14.1. The first-order valence-corrected chi connectivity index (χ1v) is 11.1. The average molecular weight is 437 g/mol. The minimum absolute atomic E-state index is 0.167. The van der Waals surface area contributed by atoms with Crippen molar-refractivity contribution in [3.63, 3.8) is 0 Å². The molecular weight excluding hydrogens is 408 g/mol. The smallest absolute Gasteiger partial charge is 0.241 e. The van der Waals surface area contributed by atoms with E-state index in [0.717, 1.165) is 27.3 Å². The molecule has 2 rings (SSSR count). The Morgan fingerprint density at radius 3 is 1.97 bits per heavy atom. The predicted octanol–water partition coefficient (Wildman–Crippen LogP) is 2.41. The number of anilines is 1. The van der Waals surface area contributed by atoms with Gasteiger partial charge in [-0.2, -0.15) is 0 Å². The number of nitrogens with zero attached hydrogens (tertiary/aromatic N) is 1. The number of carbonyl (C=O) groups excluding carboxylic acids is 1. The zero-order valence-corrected chi connectivity index (χ0v) is 18.9. The minimum atomic E-state index is -3.66. The molecule has 0 unspecified atom stereocenters. The molecular formula is C21H28N2O6S. The van der Waals surface area contributed by atoms with Crippen molar-refractivity contribution >= 4 is 21.6 Å². The molecule has 30 heavy (non-hydrogen) atoms. The lowest BCUT2D eigenvalue weighted by Gasteiger charge is -2.25. The molecule has 9 heteroatoms. The van der Waals surface area contributed by atoms with Gasteiger partial charge in [-0.15, -0.1) is 0 Å². The van der Waals surface area contributed by atoms with E-state index in [-0.39, 0.29) is 13.1 Å². The van der Waals surface area contributed by atoms with Crippen molar-refractivity contribution in [1.82, 2.24) is 5.32 Å². The van der Waals surface area contributed by atoms with Crippen molar-refractivity contribution in [3.05, 3.63) is 47.0 Å². The highest BCUT2D eigenvalue weighted by atomic mass is 32.2. The summed E-state index contributed by atoms with van der Waals surface area (Å²) in [6.07, 6.45) is 1.09. The van der Waals surface area contributed by atoms with Gasteiger partial charge in [-0.3, -0.25) is 9.10 Å². The van der Waals surface area contributed by atoms with Gasteiger partial charge in [-0.25, -0.2) is 8.42 Å². The second-order valence-electron chi connectivity index (χ2n) is 6.82. The van der Waals surface area contributed by atoms with Crippen LogP contribution in [0.4, 0.5) is 5.69 Å². The fourth-order valence-electron chi connectivity index (χ4n) is 3.19. The Morgan fingerprint density at radius 1 is 1.00 bits per heavy atom. The van der Waals surface area contributed by atoms with Crippen LogP contribution >= 0.6 is 0 Å². The summed E-state index contributed by atoms with van der Waals surface area (Å²) >= 11 is 0. The highest BCUT2D eigenvalue weighted by Crippen LogP contribution is 2.38. The van der Waals surface area contributed by atoms with Crippen LogP contribution in [0.3, 0.4) is 0 Å². The molecule has 0 saturated heterocycles. The maximum absolute atomic E-state index is 12.6. The summed E-state index contributed by atoms with van der Waals surface area (Å²) in [4.78, 5) is 12.6. The lowest BCUT2D eigenvalue weighted by molar-refractivity contribution is -0.119. The first-order valence-electron chi connectivity index (χ1n) is 9.21. The Labute approximate surface area is 177 Å². The van der Waals surface area contributed by atoms with Crippen LogP contribution in [0.1, 0.15) is 16.7 Å². The summed E-state index contributed by atoms with van der Waals surface area (Å²) in [7, 11) is 0.870. The standard InChI is InChI=1S/C21H28N2O6S/c1-14-8-7-9-15(2)20(14)23(30(6,25)26)13-19(24)22-12-16-10-17(27-3)21(29-5)18(11-16)28-4/h7-11H,12-13H2,1-6H3,(H,22,24). The van der Waals surface area contributed by atoms with E-state index in [1.165, 1.54) is 21.3 Å². The summed E-state index contributed by atoms with van der Waals surface area (Å²) in [6, 6.07) is 8.92. The molecule has 0 fully saturated rings. The van der Waals surface area contributed by atoms with Crippen LogP contribution in [-0.2, 0) is 21.4 Å². The van der Waals surface area contributed by atoms with Crippen LogP contribution in [-0.4, -0.2) is 48.5 Å². The molecule has 0 atom stereocenters. The minimum Gasteiger partial charge on any atom is -0.493 e. The van der Waals surface area contributed by atoms with Crippen molar-refractivity contribution in [2.45, 2.75) is 20.4 Å². The van der Waals surface area contributed by atoms with E-state index in [4.69, 9.17) is 14.2 Å². The van der Waals surface area contributed by atoms with Gasteiger partial charge in [0.05, 0.1) is 33.3 Å². The number of aryl methyl sites for hydroxylation is 2. The SMILES string of the molecule is COc1cc(CNC(=O)CN(c2c(C)cccc2C)S(C)(=O)=O)cc(OC)c1OC. The van der Waals surface area contributed by atoms with E-state index in [0.29, 0.717) is 22.9 Å². The molecule has 2 aromatic rings. The Hall–Kier alpha value is -2.94. The molecule has 0 radical (unpaired) electrons. The van der Waals surface area contributed by atoms with Crippen molar-refractivity contribution in [3.8, 4) is 17.2 Å². The molecule has 0 heterocycles. The normalized spacial score (nSPS) is 11.0. The zero-order valence-electron chi connectivity index (χ0n) is 18.1. The summed E-state index contributed by atoms with van der Waals surface area (Å²) < 4.78 is 41.8. The third-order valence-electron chi connectivity index (χ3n) is 4.59. The second-order valence-corrected chi connectivity index (χ2v) is 8.73. The predicted molar refractivity (Wildman–Crippen MR) is 116 cm³/mol. The molecule has 8 nitrogen and oxygen atoms in total. The molecule has 0 aromatic heterocycles. The number of hydrogen-bond acceptors (Lipinski definition) is 6. The van der Waals surface area contributed by atoms with E-state index in [1.54, 1.807) is 12.1 Å². The highest BCUT2D eigenvalue weighted by Gasteiger charge is 2.24. The molecule has 0 saturated carbocycles. The van der Waals surface area contributed by atoms with Crippen LogP contribution in [0.25, 0.3) is 0 Å². The first kappa shape index (κ1) is 23.3. The van der Waals surface area contributed by atoms with Gasteiger partial charge in [0, 0.05) is 6.54 Å². The number of methoxy groups -OCH3 is 3. The number of rotatable bonds is 9. The summed E-state index contributed by atoms with van der Waals surface area (Å²) in [5.74, 6) is 0.953. The Kier molecular flexibility index (Phi) is 7.55. The molecule has 1 amide bonds. The summed E-state index contributed by atoms with van der Waals surface area (Å²) in [6.45, 7) is 3.47. The third-order valence-corrected chi connectivity index (χ3v) is 5.70. The van der Waals surface area contributed by atoms with Crippen LogP contribution in [0.5, 0.6) is 17.2 Å². The quantitative estimate of drug-likeness (QED) is 0.649. The van der Waals surface area contributed by atoms with Gasteiger partial charge in [0.2, 0.25) is 21.7 Å². The fourth-order valence-corrected chi connectivity index (χ4v) is 4.16. The maximum Gasteiger partial charge on any atom is 0.241 e. The molecule has 0 aliphatic heterocycles. The number of benzene rings is 2. The van der Waals surface area contributed by atoms with Crippen molar-refractivity contribution in [2.24, 2.45) is 0 Å². The van der Waals surface area contributed by atoms with Gasteiger partial charge >= 0.3 is 0 Å². The Balaban J connectivity index is 2.21. The number of sulfonamides is 1. The molecule has 2 aromatic carbocycles. The second kappa shape index (κ2) is 9.71. The van der Waals surface area contributed by atoms with E-state index < -0.39 is 15.9 Å². The Bertz CT molecular complexity index is 975. The number of carbonyl (C=O) groups is 1. The van der Waals surface area contributed by atoms with Gasteiger partial charge < -0.3 is 19.5 Å². The van der Waals surface area contributed by atoms with Gasteiger partial charge in [0.25, 0.3) is 0 Å². The largest absolute Gasteiger partial charge is 0.493 e. The van der Waals surface area contributed by atoms with Crippen LogP contribution in [0.2, 0.25) is 0 Å². The van der Waals surface area contributed by atoms with Crippen LogP contribution in [0, 0.1) is 13.8 Å². The number of amides is 1. The molecule has 0 aliphatic carbocycles. The molecule has 0 spiro atoms. The molecule has 1 N–H and O–H groups in total. The molecule has 164 valence electrons. The fraction of sp³-hybridized carbons (Fsp3) is 0.381. The van der Waals surface area contributed by atoms with Crippen molar-refractivity contribution in [2.75, 3.05) is 38.4 Å². The monoisotopic (exact) mass is 436 g/mol. The zero-order chi connectivity index (χ0) is 22.5.